The molecule has 30 heteroatoms. The van der Waals surface area contributed by atoms with Crippen molar-refractivity contribution in [2.24, 2.45) is 5.92 Å². The number of ether oxygens (including phenoxy) is 30. The van der Waals surface area contributed by atoms with Crippen molar-refractivity contribution in [3.63, 3.8) is 0 Å². The highest BCUT2D eigenvalue weighted by molar-refractivity contribution is 4.74. The first-order valence-corrected chi connectivity index (χ1v) is 51.7. The van der Waals surface area contributed by atoms with Crippen LogP contribution in [0.25, 0.3) is 0 Å². The summed E-state index contributed by atoms with van der Waals surface area (Å²) >= 11 is 0. The normalized spacial score (nSPS) is 15.6. The molecule has 0 saturated heterocycles. The molecule has 0 aromatic carbocycles. The fourth-order valence-corrected chi connectivity index (χ4v) is 12.0. The smallest absolute Gasteiger partial charge is 0.0857 e. The van der Waals surface area contributed by atoms with E-state index in [-0.39, 0.29) is 122 Å². The summed E-state index contributed by atoms with van der Waals surface area (Å²) in [4.78, 5) is 0. The lowest BCUT2D eigenvalue weighted by molar-refractivity contribution is -0.0802. The highest BCUT2D eigenvalue weighted by atomic mass is 16.6. The van der Waals surface area contributed by atoms with Crippen LogP contribution < -0.4 is 0 Å². The van der Waals surface area contributed by atoms with Gasteiger partial charge in [0.25, 0.3) is 0 Å². The van der Waals surface area contributed by atoms with Crippen molar-refractivity contribution < 1.29 is 142 Å². The second kappa shape index (κ2) is 127. The van der Waals surface area contributed by atoms with Crippen LogP contribution in [0.5, 0.6) is 0 Å². The van der Waals surface area contributed by atoms with Crippen molar-refractivity contribution in [1.29, 1.82) is 0 Å². The van der Waals surface area contributed by atoms with Crippen LogP contribution in [0.1, 0.15) is 296 Å². The summed E-state index contributed by atoms with van der Waals surface area (Å²) in [6, 6.07) is 0. The fraction of sp³-hybridized carbons (Fsp3) is 1.00. The van der Waals surface area contributed by atoms with Crippen molar-refractivity contribution >= 4 is 0 Å². The molecular weight excluding hydrogens is 1740 g/mol. The van der Waals surface area contributed by atoms with E-state index in [4.69, 9.17) is 142 Å². The Balaban J connectivity index is -0.000000161. The van der Waals surface area contributed by atoms with Gasteiger partial charge >= 0.3 is 0 Å². The molecule has 30 nitrogen and oxygen atoms in total. The number of hydrogen-bond acceptors (Lipinski definition) is 30. The van der Waals surface area contributed by atoms with Crippen LogP contribution in [0, 0.1) is 5.92 Å². The van der Waals surface area contributed by atoms with E-state index < -0.39 is 0 Å². The number of rotatable bonds is 84. The molecule has 0 amide bonds. The third-order valence-electron chi connectivity index (χ3n) is 21.5. The molecule has 20 atom stereocenters. The van der Waals surface area contributed by atoms with Crippen molar-refractivity contribution in [3.8, 4) is 0 Å². The Kier molecular flexibility index (Phi) is 145. The molecule has 0 saturated carbocycles. The Morgan fingerprint density at radius 1 is 0.156 bits per heavy atom. The summed E-state index contributed by atoms with van der Waals surface area (Å²) < 4.78 is 159. The van der Waals surface area contributed by atoms with Gasteiger partial charge in [-0.25, -0.2) is 0 Å². The van der Waals surface area contributed by atoms with E-state index in [0.717, 1.165) is 123 Å². The molecule has 0 aliphatic rings. The second-order valence-electron chi connectivity index (χ2n) is 32.9. The summed E-state index contributed by atoms with van der Waals surface area (Å²) in [6.45, 7) is 70.9. The Morgan fingerprint density at radius 2 is 0.415 bits per heavy atom. The zero-order valence-electron chi connectivity index (χ0n) is 95.8. The summed E-state index contributed by atoms with van der Waals surface area (Å²) in [5, 5.41) is 0. The predicted molar refractivity (Wildman–Crippen MR) is 553 cm³/mol. The van der Waals surface area contributed by atoms with Gasteiger partial charge in [0.15, 0.2) is 0 Å². The third-order valence-corrected chi connectivity index (χ3v) is 21.5. The van der Waals surface area contributed by atoms with Gasteiger partial charge in [0.2, 0.25) is 0 Å². The van der Waals surface area contributed by atoms with Gasteiger partial charge in [-0.2, -0.15) is 0 Å². The maximum atomic E-state index is 5.88. The molecule has 0 aliphatic carbocycles. The zero-order chi connectivity index (χ0) is 105. The molecule has 0 N–H and O–H groups in total. The molecule has 0 aromatic rings. The van der Waals surface area contributed by atoms with E-state index in [0.29, 0.717) is 138 Å². The minimum absolute atomic E-state index is 0.134. The molecule has 0 bridgehead atoms. The number of unbranched alkanes of at least 4 members (excludes halogenated alkanes) is 2. The van der Waals surface area contributed by atoms with Crippen LogP contribution in [-0.4, -0.2) is 394 Å². The van der Waals surface area contributed by atoms with E-state index in [1.165, 1.54) is 25.7 Å². The maximum Gasteiger partial charge on any atom is 0.0857 e. The van der Waals surface area contributed by atoms with Gasteiger partial charge in [0.1, 0.15) is 0 Å². The van der Waals surface area contributed by atoms with Crippen molar-refractivity contribution in [1.82, 2.24) is 0 Å². The molecule has 0 spiro atoms. The molecule has 0 heterocycles. The molecule has 0 fully saturated rings. The first kappa shape index (κ1) is 154. The van der Waals surface area contributed by atoms with Crippen molar-refractivity contribution in [3.05, 3.63) is 0 Å². The Labute approximate surface area is 833 Å². The highest BCUT2D eigenvalue weighted by Gasteiger charge is 2.25. The molecule has 0 aliphatic heterocycles. The van der Waals surface area contributed by atoms with Crippen LogP contribution in [0.4, 0.5) is 0 Å². The van der Waals surface area contributed by atoms with Crippen LogP contribution in [0.15, 0.2) is 0 Å². The van der Waals surface area contributed by atoms with Crippen molar-refractivity contribution in [2.45, 2.75) is 418 Å². The second-order valence-corrected chi connectivity index (χ2v) is 32.9. The highest BCUT2D eigenvalue weighted by Crippen LogP contribution is 2.20. The van der Waals surface area contributed by atoms with Crippen LogP contribution in [0.3, 0.4) is 0 Å². The third kappa shape index (κ3) is 110. The summed E-state index contributed by atoms with van der Waals surface area (Å²) in [6.07, 6.45) is 23.1. The van der Waals surface area contributed by atoms with Gasteiger partial charge in [-0.05, 0) is 167 Å². The fourth-order valence-electron chi connectivity index (χ4n) is 12.0. The maximum absolute atomic E-state index is 5.88. The number of methoxy groups -OCH3 is 15. The zero-order valence-corrected chi connectivity index (χ0v) is 95.8. The van der Waals surface area contributed by atoms with E-state index in [1.54, 1.807) is 107 Å². The Bertz CT molecular complexity index is 2020. The van der Waals surface area contributed by atoms with Crippen LogP contribution in [-0.2, 0) is 142 Å². The van der Waals surface area contributed by atoms with Crippen LogP contribution >= 0.6 is 0 Å². The minimum atomic E-state index is 0.134. The molecule has 135 heavy (non-hydrogen) atoms. The first-order valence-electron chi connectivity index (χ1n) is 51.7. The van der Waals surface area contributed by atoms with E-state index >= 15 is 0 Å². The monoisotopic (exact) mass is 1970 g/mol. The Morgan fingerprint density at radius 3 is 0.719 bits per heavy atom. The summed E-state index contributed by atoms with van der Waals surface area (Å²) in [7, 11) is 25.5. The molecule has 0 rings (SSSR count). The Hall–Kier alpha value is -1.20. The lowest BCUT2D eigenvalue weighted by Gasteiger charge is -2.26. The SMILES string of the molecule is CCC(OC)C(CC)OCCOC.CCC(OCCOC)C(C)OC.CCCC(OC)C(CCC)OCCOC.CCCC(OCCOC)C(C)OC.CCCCC(OC)C(CCCC)OCCOC.CCCOCCOC(C)C(C)OC.CCCOCCOC(C)C(C)OCCC.CCOCCOC(C)C(C)OCC.COCCOC(C(C)C)C(C)OC.COCCOC(C)C(C)OC. The summed E-state index contributed by atoms with van der Waals surface area (Å²) in [5.74, 6) is 0.465. The topological polar surface area (TPSA) is 277 Å². The average Bonchev–Trinajstić information content (AvgIpc) is 0.924. The average molecular weight is 1970 g/mol. The van der Waals surface area contributed by atoms with Gasteiger partial charge in [-0.1, -0.05) is 135 Å². The number of hydrogen-bond donors (Lipinski definition) is 0. The van der Waals surface area contributed by atoms with Crippen LogP contribution in [0.2, 0.25) is 0 Å². The van der Waals surface area contributed by atoms with Gasteiger partial charge < -0.3 is 142 Å². The quantitative estimate of drug-likeness (QED) is 0.0512. The molecular formula is C105H230O30. The van der Waals surface area contributed by atoms with Gasteiger partial charge in [-0.3, -0.25) is 0 Å². The minimum Gasteiger partial charge on any atom is -0.382 e. The molecule has 0 radical (unpaired) electrons. The van der Waals surface area contributed by atoms with Gasteiger partial charge in [0.05, 0.1) is 254 Å². The largest absolute Gasteiger partial charge is 0.382 e. The predicted octanol–water partition coefficient (Wildman–Crippen LogP) is 20.3. The van der Waals surface area contributed by atoms with Crippen molar-refractivity contribution in [2.75, 3.05) is 272 Å². The van der Waals surface area contributed by atoms with Gasteiger partial charge in [-0.15, -0.1) is 0 Å². The molecule has 830 valence electrons. The van der Waals surface area contributed by atoms with Gasteiger partial charge in [0, 0.05) is 140 Å². The lowest BCUT2D eigenvalue weighted by atomic mass is 10.0. The van der Waals surface area contributed by atoms with E-state index in [9.17, 15) is 0 Å². The summed E-state index contributed by atoms with van der Waals surface area (Å²) in [5.41, 5.74) is 0. The standard InChI is InChI=1S/C14H30O3.2C12H26O3.5C10H22O3.C9H20O3.C8H18O3/c1-5-7-9-13(16-4)14(10-8-6-2)17-12-11-15-3;1-5-7-11(14-4)12(8-6-2)15-10-9-13-3;1-5-7-13-9-10-15-12(4)11(3)14-8-6-2;1-8(2)10(9(3)12-5)13-7-6-11-4;1-5-6-10(9(2)12-4)13-8-7-11-3;1-5-6-12-7-8-13-10(3)9(2)11-4;1-5-9(12-4)10(6-2)13-8-7-11-3;1-5-11-7-8-13-10(4)9(3)12-6-2;1-5-9(8(2)11-4)12-7-6-10-3;1-7(10-4)8(2)11-6-5-9-3/h13-14H,5-12H2,1-4H3;2*11-12H,5-10H2,1-4H3;8-10H,6-7H2,1-5H3;4*9-10H,5-8H2,1-4H3;8-9H,5-7H2,1-4H3;7-8H,5-6H2,1-4H3. The molecule has 0 aromatic heterocycles. The lowest BCUT2D eigenvalue weighted by Crippen LogP contribution is -2.34. The molecule has 20 unspecified atom stereocenters. The van der Waals surface area contributed by atoms with E-state index in [2.05, 4.69) is 90.0 Å². The first-order chi connectivity index (χ1) is 64.9. The van der Waals surface area contributed by atoms with E-state index in [1.807, 2.05) is 90.0 Å².